The molecule has 0 saturated carbocycles. The van der Waals surface area contributed by atoms with Crippen LogP contribution in [0.5, 0.6) is 11.5 Å². The van der Waals surface area contributed by atoms with Crippen LogP contribution in [0.4, 0.5) is 10.2 Å². The van der Waals surface area contributed by atoms with Crippen molar-refractivity contribution in [2.75, 3.05) is 12.3 Å². The van der Waals surface area contributed by atoms with Gasteiger partial charge in [0.25, 0.3) is 0 Å². The van der Waals surface area contributed by atoms with Crippen molar-refractivity contribution in [1.82, 2.24) is 9.97 Å². The molecule has 2 aromatic rings. The van der Waals surface area contributed by atoms with Gasteiger partial charge in [-0.15, -0.1) is 0 Å². The fraction of sp³-hybridized carbons (Fsp3) is 0.231. The third-order valence-corrected chi connectivity index (χ3v) is 2.86. The first kappa shape index (κ1) is 11.7. The number of nitrogen functional groups attached to an aromatic ring is 1. The largest absolute Gasteiger partial charge is 0.485 e. The number of hydrogen-bond donors (Lipinski definition) is 1. The van der Waals surface area contributed by atoms with E-state index in [-0.39, 0.29) is 18.1 Å². The molecule has 2 heterocycles. The molecule has 0 aliphatic carbocycles. The standard InChI is InChI=1S/C13H12FN3O2/c1-7-11(14)12(15)17-13(16-7)10-6-18-8-4-2-3-5-9(8)19-10/h2-5,10H,6H2,1H3,(H2,15,16,17). The summed E-state index contributed by atoms with van der Waals surface area (Å²) in [6, 6.07) is 7.31. The lowest BCUT2D eigenvalue weighted by molar-refractivity contribution is 0.0849. The summed E-state index contributed by atoms with van der Waals surface area (Å²) in [6.45, 7) is 1.80. The highest BCUT2D eigenvalue weighted by Gasteiger charge is 2.26. The van der Waals surface area contributed by atoms with E-state index < -0.39 is 11.9 Å². The molecule has 0 saturated heterocycles. The minimum Gasteiger partial charge on any atom is -0.485 e. The molecule has 3 rings (SSSR count). The van der Waals surface area contributed by atoms with Gasteiger partial charge in [-0.1, -0.05) is 12.1 Å². The molecule has 6 heteroatoms. The second-order valence-corrected chi connectivity index (χ2v) is 4.23. The zero-order chi connectivity index (χ0) is 13.4. The van der Waals surface area contributed by atoms with Crippen LogP contribution < -0.4 is 15.2 Å². The number of rotatable bonds is 1. The molecule has 1 atom stereocenters. The molecule has 1 aliphatic heterocycles. The van der Waals surface area contributed by atoms with Crippen LogP contribution in [0.2, 0.25) is 0 Å². The first-order valence-corrected chi connectivity index (χ1v) is 5.83. The Morgan fingerprint density at radius 3 is 2.74 bits per heavy atom. The van der Waals surface area contributed by atoms with E-state index in [1.807, 2.05) is 18.2 Å². The van der Waals surface area contributed by atoms with Crippen molar-refractivity contribution < 1.29 is 13.9 Å². The van der Waals surface area contributed by atoms with Gasteiger partial charge in [0, 0.05) is 0 Å². The predicted molar refractivity (Wildman–Crippen MR) is 66.4 cm³/mol. The number of fused-ring (bicyclic) bond motifs is 1. The lowest BCUT2D eigenvalue weighted by atomic mass is 10.2. The molecular formula is C13H12FN3O2. The van der Waals surface area contributed by atoms with Gasteiger partial charge in [0.2, 0.25) is 0 Å². The normalized spacial score (nSPS) is 17.3. The number of para-hydroxylation sites is 2. The maximum atomic E-state index is 13.4. The summed E-state index contributed by atoms with van der Waals surface area (Å²) in [4.78, 5) is 7.98. The number of ether oxygens (including phenoxy) is 2. The van der Waals surface area contributed by atoms with Gasteiger partial charge < -0.3 is 15.2 Å². The van der Waals surface area contributed by atoms with Crippen LogP contribution in [-0.2, 0) is 0 Å². The smallest absolute Gasteiger partial charge is 0.192 e. The van der Waals surface area contributed by atoms with E-state index in [1.165, 1.54) is 6.92 Å². The molecule has 1 aliphatic rings. The molecule has 2 N–H and O–H groups in total. The Kier molecular flexibility index (Phi) is 2.70. The Hall–Kier alpha value is -2.37. The molecule has 0 amide bonds. The quantitative estimate of drug-likeness (QED) is 0.850. The number of hydrogen-bond acceptors (Lipinski definition) is 5. The van der Waals surface area contributed by atoms with Gasteiger partial charge in [0.15, 0.2) is 35.1 Å². The topological polar surface area (TPSA) is 70.3 Å². The van der Waals surface area contributed by atoms with Gasteiger partial charge in [-0.2, -0.15) is 0 Å². The van der Waals surface area contributed by atoms with Crippen molar-refractivity contribution in [3.8, 4) is 11.5 Å². The third-order valence-electron chi connectivity index (χ3n) is 2.86. The van der Waals surface area contributed by atoms with E-state index in [9.17, 15) is 4.39 Å². The van der Waals surface area contributed by atoms with Crippen molar-refractivity contribution in [2.45, 2.75) is 13.0 Å². The SMILES string of the molecule is Cc1nc(C2COc3ccccc3O2)nc(N)c1F. The molecule has 0 radical (unpaired) electrons. The third kappa shape index (κ3) is 2.05. The molecule has 1 aromatic carbocycles. The second kappa shape index (κ2) is 4.38. The van der Waals surface area contributed by atoms with Gasteiger partial charge in [0.05, 0.1) is 5.69 Å². The fourth-order valence-corrected chi connectivity index (χ4v) is 1.89. The lowest BCUT2D eigenvalue weighted by Crippen LogP contribution is -2.24. The van der Waals surface area contributed by atoms with Crippen LogP contribution in [0.25, 0.3) is 0 Å². The highest BCUT2D eigenvalue weighted by atomic mass is 19.1. The van der Waals surface area contributed by atoms with Crippen molar-refractivity contribution in [1.29, 1.82) is 0 Å². The number of aromatic nitrogens is 2. The maximum Gasteiger partial charge on any atom is 0.192 e. The van der Waals surface area contributed by atoms with Crippen LogP contribution >= 0.6 is 0 Å². The Morgan fingerprint density at radius 1 is 1.26 bits per heavy atom. The number of anilines is 1. The van der Waals surface area contributed by atoms with E-state index in [0.29, 0.717) is 17.3 Å². The van der Waals surface area contributed by atoms with Gasteiger partial charge in [-0.3, -0.25) is 0 Å². The monoisotopic (exact) mass is 261 g/mol. The van der Waals surface area contributed by atoms with Gasteiger partial charge >= 0.3 is 0 Å². The lowest BCUT2D eigenvalue weighted by Gasteiger charge is -2.25. The predicted octanol–water partition coefficient (Wildman–Crippen LogP) is 2.02. The Balaban J connectivity index is 1.93. The molecular weight excluding hydrogens is 249 g/mol. The van der Waals surface area contributed by atoms with E-state index in [1.54, 1.807) is 6.07 Å². The highest BCUT2D eigenvalue weighted by molar-refractivity contribution is 5.41. The Morgan fingerprint density at radius 2 is 2.00 bits per heavy atom. The van der Waals surface area contributed by atoms with Gasteiger partial charge in [0.1, 0.15) is 6.61 Å². The summed E-state index contributed by atoms with van der Waals surface area (Å²) in [5.41, 5.74) is 5.70. The molecule has 0 fully saturated rings. The Labute approximate surface area is 109 Å². The molecule has 0 bridgehead atoms. The minimum absolute atomic E-state index is 0.176. The molecule has 98 valence electrons. The van der Waals surface area contributed by atoms with E-state index >= 15 is 0 Å². The van der Waals surface area contributed by atoms with E-state index in [0.717, 1.165) is 0 Å². The van der Waals surface area contributed by atoms with Crippen LogP contribution in [0.3, 0.4) is 0 Å². The van der Waals surface area contributed by atoms with Gasteiger partial charge in [-0.25, -0.2) is 14.4 Å². The molecule has 1 aromatic heterocycles. The van der Waals surface area contributed by atoms with Crippen LogP contribution in [0.15, 0.2) is 24.3 Å². The summed E-state index contributed by atoms with van der Waals surface area (Å²) >= 11 is 0. The first-order chi connectivity index (χ1) is 9.15. The first-order valence-electron chi connectivity index (χ1n) is 5.83. The molecule has 5 nitrogen and oxygen atoms in total. The zero-order valence-electron chi connectivity index (χ0n) is 10.3. The highest BCUT2D eigenvalue weighted by Crippen LogP contribution is 2.35. The average Bonchev–Trinajstić information content (AvgIpc) is 2.43. The number of nitrogens with two attached hydrogens (primary N) is 1. The Bertz CT molecular complexity index is 610. The molecule has 19 heavy (non-hydrogen) atoms. The minimum atomic E-state index is -0.596. The maximum absolute atomic E-state index is 13.4. The van der Waals surface area contributed by atoms with Crippen molar-refractivity contribution in [2.24, 2.45) is 0 Å². The number of aryl methyl sites for hydroxylation is 1. The average molecular weight is 261 g/mol. The van der Waals surface area contributed by atoms with Crippen molar-refractivity contribution in [3.05, 3.63) is 41.6 Å². The van der Waals surface area contributed by atoms with Crippen LogP contribution in [0.1, 0.15) is 17.6 Å². The molecule has 0 spiro atoms. The number of halogens is 1. The number of benzene rings is 1. The van der Waals surface area contributed by atoms with E-state index in [2.05, 4.69) is 9.97 Å². The zero-order valence-corrected chi connectivity index (χ0v) is 10.3. The fourth-order valence-electron chi connectivity index (χ4n) is 1.89. The summed E-state index contributed by atoms with van der Waals surface area (Å²) in [6.07, 6.45) is -0.489. The van der Waals surface area contributed by atoms with Gasteiger partial charge in [-0.05, 0) is 19.1 Å². The van der Waals surface area contributed by atoms with E-state index in [4.69, 9.17) is 15.2 Å². The summed E-state index contributed by atoms with van der Waals surface area (Å²) in [5, 5.41) is 0. The summed E-state index contributed by atoms with van der Waals surface area (Å²) in [5.74, 6) is 0.838. The van der Waals surface area contributed by atoms with Crippen molar-refractivity contribution >= 4 is 5.82 Å². The van der Waals surface area contributed by atoms with Crippen LogP contribution in [0, 0.1) is 12.7 Å². The second-order valence-electron chi connectivity index (χ2n) is 4.23. The van der Waals surface area contributed by atoms with Crippen LogP contribution in [-0.4, -0.2) is 16.6 Å². The summed E-state index contributed by atoms with van der Waals surface area (Å²) in [7, 11) is 0. The number of nitrogens with zero attached hydrogens (tertiary/aromatic N) is 2. The van der Waals surface area contributed by atoms with Crippen molar-refractivity contribution in [3.63, 3.8) is 0 Å². The molecule has 1 unspecified atom stereocenters. The summed E-state index contributed by atoms with van der Waals surface area (Å²) < 4.78 is 24.7.